The van der Waals surface area contributed by atoms with Crippen molar-refractivity contribution in [3.63, 3.8) is 0 Å². The Kier molecular flexibility index (Phi) is 7.29. The summed E-state index contributed by atoms with van der Waals surface area (Å²) in [6.07, 6.45) is 0. The highest BCUT2D eigenvalue weighted by molar-refractivity contribution is 6.10. The van der Waals surface area contributed by atoms with Crippen LogP contribution in [0.4, 0.5) is 17.1 Å². The second kappa shape index (κ2) is 9.88. The van der Waals surface area contributed by atoms with Crippen LogP contribution in [0, 0.1) is 10.1 Å². The van der Waals surface area contributed by atoms with E-state index in [9.17, 15) is 29.3 Å². The first-order chi connectivity index (χ1) is 15.0. The number of nitro groups is 1. The molecule has 13 heteroatoms. The van der Waals surface area contributed by atoms with Crippen LogP contribution < -0.4 is 10.1 Å². The van der Waals surface area contributed by atoms with Gasteiger partial charge in [-0.05, 0) is 31.2 Å². The number of methoxy groups -OCH3 is 1. The van der Waals surface area contributed by atoms with Crippen molar-refractivity contribution in [2.45, 2.75) is 13.0 Å². The number of carbonyl (C=O) groups is 4. The van der Waals surface area contributed by atoms with Gasteiger partial charge in [0.25, 0.3) is 11.6 Å². The Balaban J connectivity index is 2.33. The number of benzene rings is 2. The van der Waals surface area contributed by atoms with Gasteiger partial charge in [-0.1, -0.05) is 0 Å². The van der Waals surface area contributed by atoms with Crippen LogP contribution in [0.1, 0.15) is 27.6 Å². The zero-order valence-corrected chi connectivity index (χ0v) is 16.6. The Morgan fingerprint density at radius 1 is 1.06 bits per heavy atom. The van der Waals surface area contributed by atoms with Crippen molar-refractivity contribution in [3.05, 3.63) is 57.6 Å². The average Bonchev–Trinajstić information content (AvgIpc) is 2.73. The normalized spacial score (nSPS) is 11.6. The number of nitrogens with zero attached hydrogens (tertiary/aromatic N) is 3. The van der Waals surface area contributed by atoms with Crippen LogP contribution in [-0.4, -0.2) is 51.9 Å². The van der Waals surface area contributed by atoms with Gasteiger partial charge in [0.05, 0.1) is 29.2 Å². The molecule has 0 saturated heterocycles. The fourth-order valence-corrected chi connectivity index (χ4v) is 2.46. The quantitative estimate of drug-likeness (QED) is 0.225. The summed E-state index contributed by atoms with van der Waals surface area (Å²) in [4.78, 5) is 57.1. The summed E-state index contributed by atoms with van der Waals surface area (Å²) in [5, 5.41) is 38.8. The lowest BCUT2D eigenvalue weighted by atomic mass is 10.1. The first kappa shape index (κ1) is 23.6. The third kappa shape index (κ3) is 5.69. The van der Waals surface area contributed by atoms with E-state index in [1.54, 1.807) is 0 Å². The molecule has 0 fully saturated rings. The lowest BCUT2D eigenvalue weighted by Crippen LogP contribution is -2.32. The summed E-state index contributed by atoms with van der Waals surface area (Å²) in [6.45, 7) is 1.06. The summed E-state index contributed by atoms with van der Waals surface area (Å²) in [6, 6.07) is 4.69. The highest BCUT2D eigenvalue weighted by Gasteiger charge is 2.24. The second-order valence-electron chi connectivity index (χ2n) is 6.24. The number of aromatic carboxylic acids is 2. The van der Waals surface area contributed by atoms with Gasteiger partial charge in [-0.2, -0.15) is 10.2 Å². The van der Waals surface area contributed by atoms with Gasteiger partial charge in [-0.15, -0.1) is 0 Å². The largest absolute Gasteiger partial charge is 0.494 e. The predicted octanol–water partition coefficient (Wildman–Crippen LogP) is 2.68. The molecule has 0 bridgehead atoms. The smallest absolute Gasteiger partial charge is 0.335 e. The van der Waals surface area contributed by atoms with Crippen molar-refractivity contribution in [1.29, 1.82) is 0 Å². The number of carboxylic acids is 2. The number of carbonyl (C=O) groups excluding carboxylic acids is 2. The van der Waals surface area contributed by atoms with Gasteiger partial charge in [0.15, 0.2) is 11.5 Å². The number of non-ortho nitro benzene ring substituents is 1. The van der Waals surface area contributed by atoms with Crippen LogP contribution in [0.15, 0.2) is 46.6 Å². The van der Waals surface area contributed by atoms with Gasteiger partial charge in [-0.3, -0.25) is 19.7 Å². The predicted molar refractivity (Wildman–Crippen MR) is 108 cm³/mol. The van der Waals surface area contributed by atoms with Gasteiger partial charge in [0, 0.05) is 11.8 Å². The van der Waals surface area contributed by atoms with Crippen molar-refractivity contribution in [2.24, 2.45) is 10.2 Å². The minimum Gasteiger partial charge on any atom is -0.494 e. The minimum absolute atomic E-state index is 0.0122. The van der Waals surface area contributed by atoms with Crippen molar-refractivity contribution < 1.29 is 39.1 Å². The summed E-state index contributed by atoms with van der Waals surface area (Å²) in [7, 11) is 1.24. The minimum atomic E-state index is -1.67. The van der Waals surface area contributed by atoms with Gasteiger partial charge < -0.3 is 20.3 Å². The number of rotatable bonds is 9. The maximum atomic E-state index is 12.5. The fraction of sp³-hybridized carbons (Fsp3) is 0.158. The van der Waals surface area contributed by atoms with Crippen molar-refractivity contribution in [3.8, 4) is 5.75 Å². The molecular formula is C19H16N4O9. The molecule has 0 spiro atoms. The van der Waals surface area contributed by atoms with E-state index in [2.05, 4.69) is 15.5 Å². The fourth-order valence-electron chi connectivity index (χ4n) is 2.46. The van der Waals surface area contributed by atoms with Crippen LogP contribution >= 0.6 is 0 Å². The summed E-state index contributed by atoms with van der Waals surface area (Å²) in [5.41, 5.74) is -1.22. The zero-order valence-electron chi connectivity index (χ0n) is 16.6. The van der Waals surface area contributed by atoms with Crippen molar-refractivity contribution >= 4 is 40.7 Å². The average molecular weight is 444 g/mol. The number of ether oxygens (including phenoxy) is 1. The molecule has 1 amide bonds. The second-order valence-corrected chi connectivity index (χ2v) is 6.24. The van der Waals surface area contributed by atoms with Gasteiger partial charge in [-0.25, -0.2) is 9.59 Å². The molecule has 0 radical (unpaired) electrons. The van der Waals surface area contributed by atoms with Crippen LogP contribution in [0.5, 0.6) is 5.75 Å². The lowest BCUT2D eigenvalue weighted by Gasteiger charge is -2.11. The number of ketones is 1. The number of amides is 1. The number of carboxylic acid groups (broad SMARTS) is 2. The van der Waals surface area contributed by atoms with E-state index >= 15 is 0 Å². The number of Topliss-reactive ketones (excluding diaryl/α,β-unsaturated/α-hetero) is 1. The standard InChI is InChI=1S/C19H16N4O9/c1-9(24)16(22-21-14-4-3-13(23(30)31)8-15(14)32-2)17(25)20-12-6-10(18(26)27)5-11(7-12)19(28)29/h3-8,16H,1-2H3,(H,20,25)(H,26,27)(H,28,29). The maximum Gasteiger partial charge on any atom is 0.335 e. The molecule has 0 heterocycles. The van der Waals surface area contributed by atoms with Gasteiger partial charge in [0.2, 0.25) is 6.04 Å². The molecule has 32 heavy (non-hydrogen) atoms. The first-order valence-corrected chi connectivity index (χ1v) is 8.69. The molecule has 2 aromatic rings. The lowest BCUT2D eigenvalue weighted by molar-refractivity contribution is -0.384. The monoisotopic (exact) mass is 444 g/mol. The van der Waals surface area contributed by atoms with Crippen molar-refractivity contribution in [2.75, 3.05) is 12.4 Å². The number of azo groups is 1. The Morgan fingerprint density at radius 3 is 2.12 bits per heavy atom. The van der Waals surface area contributed by atoms with Crippen LogP contribution in [0.3, 0.4) is 0 Å². The third-order valence-corrected chi connectivity index (χ3v) is 3.98. The molecule has 0 saturated carbocycles. The molecule has 2 aromatic carbocycles. The Hall–Kier alpha value is -4.68. The summed E-state index contributed by atoms with van der Waals surface area (Å²) < 4.78 is 5.00. The van der Waals surface area contributed by atoms with E-state index in [4.69, 9.17) is 14.9 Å². The third-order valence-electron chi connectivity index (χ3n) is 3.98. The number of hydrogen-bond donors (Lipinski definition) is 3. The number of hydrogen-bond acceptors (Lipinski definition) is 9. The number of anilines is 1. The van der Waals surface area contributed by atoms with Gasteiger partial charge >= 0.3 is 11.9 Å². The molecule has 13 nitrogen and oxygen atoms in total. The molecule has 1 atom stereocenters. The molecule has 2 rings (SSSR count). The van der Waals surface area contributed by atoms with E-state index in [1.807, 2.05) is 0 Å². The van der Waals surface area contributed by atoms with E-state index in [0.717, 1.165) is 37.3 Å². The molecule has 0 aromatic heterocycles. The topological polar surface area (TPSA) is 198 Å². The van der Waals surface area contributed by atoms with Crippen molar-refractivity contribution in [1.82, 2.24) is 0 Å². The van der Waals surface area contributed by atoms with E-state index in [1.165, 1.54) is 13.2 Å². The van der Waals surface area contributed by atoms with Crippen LogP contribution in [0.2, 0.25) is 0 Å². The van der Waals surface area contributed by atoms with Crippen LogP contribution in [-0.2, 0) is 9.59 Å². The molecule has 0 aliphatic heterocycles. The molecule has 166 valence electrons. The Labute approximate surface area is 179 Å². The first-order valence-electron chi connectivity index (χ1n) is 8.69. The van der Waals surface area contributed by atoms with E-state index in [0.29, 0.717) is 0 Å². The summed E-state index contributed by atoms with van der Waals surface area (Å²) in [5.74, 6) is -4.58. The summed E-state index contributed by atoms with van der Waals surface area (Å²) >= 11 is 0. The molecule has 0 aliphatic carbocycles. The van der Waals surface area contributed by atoms with Gasteiger partial charge in [0.1, 0.15) is 5.69 Å². The zero-order chi connectivity index (χ0) is 24.0. The highest BCUT2D eigenvalue weighted by atomic mass is 16.6. The Bertz CT molecular complexity index is 1110. The van der Waals surface area contributed by atoms with E-state index in [-0.39, 0.29) is 22.8 Å². The molecule has 3 N–H and O–H groups in total. The SMILES string of the molecule is COc1cc([N+](=O)[O-])ccc1N=NC(C(C)=O)C(=O)Nc1cc(C(=O)O)cc(C(=O)O)c1. The maximum absolute atomic E-state index is 12.5. The van der Waals surface area contributed by atoms with Crippen LogP contribution in [0.25, 0.3) is 0 Å². The molecular weight excluding hydrogens is 428 g/mol. The molecule has 1 unspecified atom stereocenters. The Morgan fingerprint density at radius 2 is 1.66 bits per heavy atom. The number of nitro benzene ring substituents is 1. The van der Waals surface area contributed by atoms with E-state index < -0.39 is 45.7 Å². The number of nitrogens with one attached hydrogen (secondary N) is 1. The highest BCUT2D eigenvalue weighted by Crippen LogP contribution is 2.31. The molecule has 0 aliphatic rings.